The summed E-state index contributed by atoms with van der Waals surface area (Å²) in [5, 5.41) is 14.5. The summed E-state index contributed by atoms with van der Waals surface area (Å²) in [5.74, 6) is -1.04. The van der Waals surface area contributed by atoms with Crippen LogP contribution in [0.2, 0.25) is 0 Å². The number of carbonyl (C=O) groups excluding carboxylic acids is 2. The Morgan fingerprint density at radius 2 is 1.73 bits per heavy atom. The van der Waals surface area contributed by atoms with Crippen LogP contribution in [0.4, 0.5) is 5.69 Å². The topological polar surface area (TPSA) is 98.0 Å². The molecule has 1 atom stereocenters. The highest BCUT2D eigenvalue weighted by Gasteiger charge is 2.20. The maximum absolute atomic E-state index is 12.3. The summed E-state index contributed by atoms with van der Waals surface area (Å²) in [5.41, 5.74) is 2.08. The van der Waals surface area contributed by atoms with Crippen molar-refractivity contribution < 1.29 is 28.6 Å². The van der Waals surface area contributed by atoms with E-state index in [4.69, 9.17) is 13.9 Å². The fourth-order valence-electron chi connectivity index (χ4n) is 3.19. The summed E-state index contributed by atoms with van der Waals surface area (Å²) in [7, 11) is 1.50. The SMILES string of the molecule is COc1cc2c(cc1NC(=O)COC(=O)C(O)c1ccccc1)oc1ccccc12. The molecule has 0 fully saturated rings. The van der Waals surface area contributed by atoms with Crippen molar-refractivity contribution in [3.63, 3.8) is 0 Å². The van der Waals surface area contributed by atoms with E-state index in [1.54, 1.807) is 42.5 Å². The molecule has 152 valence electrons. The molecule has 0 radical (unpaired) electrons. The van der Waals surface area contributed by atoms with Gasteiger partial charge in [-0.15, -0.1) is 0 Å². The molecule has 0 aliphatic carbocycles. The van der Waals surface area contributed by atoms with Crippen molar-refractivity contribution in [1.29, 1.82) is 0 Å². The Hall–Kier alpha value is -3.84. The third kappa shape index (κ3) is 3.83. The zero-order valence-corrected chi connectivity index (χ0v) is 16.1. The van der Waals surface area contributed by atoms with Gasteiger partial charge in [-0.05, 0) is 17.7 Å². The van der Waals surface area contributed by atoms with Crippen molar-refractivity contribution >= 4 is 39.5 Å². The lowest BCUT2D eigenvalue weighted by Crippen LogP contribution is -2.24. The molecule has 1 heterocycles. The van der Waals surface area contributed by atoms with Gasteiger partial charge in [0.1, 0.15) is 16.9 Å². The molecule has 7 nitrogen and oxygen atoms in total. The van der Waals surface area contributed by atoms with E-state index in [-0.39, 0.29) is 0 Å². The predicted molar refractivity (Wildman–Crippen MR) is 111 cm³/mol. The molecule has 0 saturated carbocycles. The fraction of sp³-hybridized carbons (Fsp3) is 0.130. The van der Waals surface area contributed by atoms with Crippen LogP contribution in [0.25, 0.3) is 21.9 Å². The van der Waals surface area contributed by atoms with Crippen LogP contribution >= 0.6 is 0 Å². The zero-order valence-electron chi connectivity index (χ0n) is 16.1. The van der Waals surface area contributed by atoms with Gasteiger partial charge in [0.2, 0.25) is 0 Å². The molecule has 1 unspecified atom stereocenters. The number of para-hydroxylation sites is 1. The lowest BCUT2D eigenvalue weighted by molar-refractivity contribution is -0.156. The minimum absolute atomic E-state index is 0.383. The van der Waals surface area contributed by atoms with Crippen LogP contribution in [0.5, 0.6) is 5.75 Å². The van der Waals surface area contributed by atoms with E-state index in [1.807, 2.05) is 24.3 Å². The van der Waals surface area contributed by atoms with Gasteiger partial charge in [-0.25, -0.2) is 4.79 Å². The number of aliphatic hydroxyl groups excluding tert-OH is 1. The molecule has 0 aliphatic heterocycles. The van der Waals surface area contributed by atoms with Crippen LogP contribution in [-0.4, -0.2) is 30.7 Å². The van der Waals surface area contributed by atoms with Gasteiger partial charge in [0.25, 0.3) is 5.91 Å². The fourth-order valence-corrected chi connectivity index (χ4v) is 3.19. The van der Waals surface area contributed by atoms with Crippen LogP contribution in [0.1, 0.15) is 11.7 Å². The van der Waals surface area contributed by atoms with E-state index >= 15 is 0 Å². The van der Waals surface area contributed by atoms with Gasteiger partial charge in [-0.3, -0.25) is 4.79 Å². The molecule has 4 rings (SSSR count). The first-order valence-corrected chi connectivity index (χ1v) is 9.25. The van der Waals surface area contributed by atoms with Crippen molar-refractivity contribution in [2.24, 2.45) is 0 Å². The number of fused-ring (bicyclic) bond motifs is 3. The number of anilines is 1. The summed E-state index contributed by atoms with van der Waals surface area (Å²) in [4.78, 5) is 24.3. The summed E-state index contributed by atoms with van der Waals surface area (Å²) >= 11 is 0. The van der Waals surface area contributed by atoms with Crippen LogP contribution in [0.3, 0.4) is 0 Å². The summed E-state index contributed by atoms with van der Waals surface area (Å²) in [6.45, 7) is -0.552. The maximum Gasteiger partial charge on any atom is 0.340 e. The Labute approximate surface area is 171 Å². The van der Waals surface area contributed by atoms with Gasteiger partial charge in [-0.1, -0.05) is 48.5 Å². The smallest absolute Gasteiger partial charge is 0.340 e. The number of ether oxygens (including phenoxy) is 2. The molecular formula is C23H19NO6. The van der Waals surface area contributed by atoms with Crippen molar-refractivity contribution in [2.45, 2.75) is 6.10 Å². The Morgan fingerprint density at radius 1 is 1.00 bits per heavy atom. The lowest BCUT2D eigenvalue weighted by Gasteiger charge is -2.12. The average molecular weight is 405 g/mol. The highest BCUT2D eigenvalue weighted by atomic mass is 16.5. The zero-order chi connectivity index (χ0) is 21.1. The van der Waals surface area contributed by atoms with Crippen LogP contribution in [0, 0.1) is 0 Å². The summed E-state index contributed by atoms with van der Waals surface area (Å²) in [6.07, 6.45) is -1.46. The number of amides is 1. The van der Waals surface area contributed by atoms with Gasteiger partial charge in [0.15, 0.2) is 12.7 Å². The second-order valence-electron chi connectivity index (χ2n) is 6.62. The van der Waals surface area contributed by atoms with Crippen molar-refractivity contribution in [3.8, 4) is 5.75 Å². The number of furan rings is 1. The average Bonchev–Trinajstić information content (AvgIpc) is 3.14. The Kier molecular flexibility index (Phi) is 5.36. The molecule has 7 heteroatoms. The minimum atomic E-state index is -1.46. The Bertz CT molecular complexity index is 1210. The third-order valence-corrected chi connectivity index (χ3v) is 4.66. The monoisotopic (exact) mass is 405 g/mol. The predicted octanol–water partition coefficient (Wildman–Crippen LogP) is 3.81. The molecule has 30 heavy (non-hydrogen) atoms. The first-order chi connectivity index (χ1) is 14.6. The molecule has 1 amide bonds. The Balaban J connectivity index is 1.47. The van der Waals surface area contributed by atoms with E-state index in [9.17, 15) is 14.7 Å². The second kappa shape index (κ2) is 8.26. The minimum Gasteiger partial charge on any atom is -0.495 e. The van der Waals surface area contributed by atoms with E-state index in [2.05, 4.69) is 5.32 Å². The maximum atomic E-state index is 12.3. The normalized spacial score (nSPS) is 11.9. The molecule has 4 aromatic rings. The number of aliphatic hydroxyl groups is 1. The van der Waals surface area contributed by atoms with Gasteiger partial charge in [-0.2, -0.15) is 0 Å². The van der Waals surface area contributed by atoms with E-state index in [0.29, 0.717) is 22.6 Å². The van der Waals surface area contributed by atoms with E-state index in [1.165, 1.54) is 7.11 Å². The van der Waals surface area contributed by atoms with Crippen molar-refractivity contribution in [3.05, 3.63) is 72.3 Å². The first-order valence-electron chi connectivity index (χ1n) is 9.25. The van der Waals surface area contributed by atoms with Gasteiger partial charge >= 0.3 is 5.97 Å². The van der Waals surface area contributed by atoms with Crippen LogP contribution in [-0.2, 0) is 14.3 Å². The number of carbonyl (C=O) groups is 2. The van der Waals surface area contributed by atoms with Gasteiger partial charge in [0.05, 0.1) is 12.8 Å². The number of hydrogen-bond acceptors (Lipinski definition) is 6. The number of benzene rings is 3. The Morgan fingerprint density at radius 3 is 2.50 bits per heavy atom. The van der Waals surface area contributed by atoms with Gasteiger partial charge in [0, 0.05) is 16.8 Å². The molecule has 0 saturated heterocycles. The standard InChI is InChI=1S/C23H19NO6/c1-28-20-11-16-15-9-5-6-10-18(15)30-19(16)12-17(20)24-21(25)13-29-23(27)22(26)14-7-3-2-4-8-14/h2-12,22,26H,13H2,1H3,(H,24,25). The highest BCUT2D eigenvalue weighted by Crippen LogP contribution is 2.36. The second-order valence-corrected chi connectivity index (χ2v) is 6.62. The number of hydrogen-bond donors (Lipinski definition) is 2. The van der Waals surface area contributed by atoms with Gasteiger partial charge < -0.3 is 24.3 Å². The quantitative estimate of drug-likeness (QED) is 0.474. The lowest BCUT2D eigenvalue weighted by atomic mass is 10.1. The summed E-state index contributed by atoms with van der Waals surface area (Å²) < 4.78 is 16.2. The molecule has 0 bridgehead atoms. The van der Waals surface area contributed by atoms with Crippen LogP contribution < -0.4 is 10.1 Å². The molecule has 2 N–H and O–H groups in total. The van der Waals surface area contributed by atoms with Crippen molar-refractivity contribution in [1.82, 2.24) is 0 Å². The largest absolute Gasteiger partial charge is 0.495 e. The number of esters is 1. The van der Waals surface area contributed by atoms with Crippen molar-refractivity contribution in [2.75, 3.05) is 19.0 Å². The summed E-state index contributed by atoms with van der Waals surface area (Å²) in [6, 6.07) is 19.4. The number of nitrogens with one attached hydrogen (secondary N) is 1. The molecular weight excluding hydrogens is 386 g/mol. The molecule has 3 aromatic carbocycles. The van der Waals surface area contributed by atoms with E-state index in [0.717, 1.165) is 16.4 Å². The third-order valence-electron chi connectivity index (χ3n) is 4.66. The van der Waals surface area contributed by atoms with Crippen LogP contribution in [0.15, 0.2) is 71.1 Å². The number of methoxy groups -OCH3 is 1. The molecule has 0 spiro atoms. The number of rotatable bonds is 6. The molecule has 1 aromatic heterocycles. The first kappa shape index (κ1) is 19.5. The molecule has 0 aliphatic rings. The highest BCUT2D eigenvalue weighted by molar-refractivity contribution is 6.07. The van der Waals surface area contributed by atoms with E-state index < -0.39 is 24.6 Å².